The fourth-order valence-corrected chi connectivity index (χ4v) is 1.49. The number of hydrogen-bond donors (Lipinski definition) is 0. The lowest BCUT2D eigenvalue weighted by molar-refractivity contribution is -0.137. The van der Waals surface area contributed by atoms with Crippen molar-refractivity contribution < 1.29 is 17.9 Å². The minimum atomic E-state index is -4.32. The molecule has 0 aromatic heterocycles. The Balaban J connectivity index is 3.14. The molecule has 1 rings (SSSR count). The fourth-order valence-electron chi connectivity index (χ4n) is 1.03. The van der Waals surface area contributed by atoms with E-state index < -0.39 is 11.7 Å². The summed E-state index contributed by atoms with van der Waals surface area (Å²) in [5, 5.41) is 0.467. The Hall–Kier alpha value is -0.710. The maximum absolute atomic E-state index is 12.3. The Bertz CT molecular complexity index is 322. The van der Waals surface area contributed by atoms with Crippen LogP contribution in [-0.4, -0.2) is 7.11 Å². The molecule has 0 fully saturated rings. The van der Waals surface area contributed by atoms with Gasteiger partial charge in [-0.15, -0.1) is 0 Å². The normalized spacial score (nSPS) is 11.5. The van der Waals surface area contributed by atoms with E-state index in [2.05, 4.69) is 15.9 Å². The third kappa shape index (κ3) is 2.41. The molecule has 1 nitrogen and oxygen atoms in total. The molecular formula is C9H8BrF3O. The lowest BCUT2D eigenvalue weighted by atomic mass is 10.1. The summed E-state index contributed by atoms with van der Waals surface area (Å²) in [6, 6.07) is 3.44. The van der Waals surface area contributed by atoms with Crippen LogP contribution >= 0.6 is 15.9 Å². The van der Waals surface area contributed by atoms with Crippen molar-refractivity contribution in [1.29, 1.82) is 0 Å². The number of rotatable bonds is 2. The van der Waals surface area contributed by atoms with Crippen molar-refractivity contribution in [1.82, 2.24) is 0 Å². The highest BCUT2D eigenvalue weighted by molar-refractivity contribution is 9.08. The molecule has 5 heteroatoms. The summed E-state index contributed by atoms with van der Waals surface area (Å²) in [7, 11) is 1.35. The standard InChI is InChI=1S/C9H8BrF3O/c1-14-8-4-7(9(11,12)13)3-2-6(8)5-10/h2-4H,5H2,1H3. The molecule has 78 valence electrons. The predicted molar refractivity (Wildman–Crippen MR) is 50.6 cm³/mol. The van der Waals surface area contributed by atoms with Crippen LogP contribution in [0.2, 0.25) is 0 Å². The van der Waals surface area contributed by atoms with Crippen LogP contribution in [0.15, 0.2) is 18.2 Å². The van der Waals surface area contributed by atoms with E-state index in [1.807, 2.05) is 0 Å². The fraction of sp³-hybridized carbons (Fsp3) is 0.333. The van der Waals surface area contributed by atoms with Gasteiger partial charge in [0.05, 0.1) is 12.7 Å². The quantitative estimate of drug-likeness (QED) is 0.745. The molecule has 0 unspecified atom stereocenters. The van der Waals surface area contributed by atoms with Gasteiger partial charge in [0.15, 0.2) is 0 Å². The second-order valence-corrected chi connectivity index (χ2v) is 3.22. The zero-order chi connectivity index (χ0) is 10.8. The summed E-state index contributed by atoms with van der Waals surface area (Å²) in [6.45, 7) is 0. The average molecular weight is 269 g/mol. The van der Waals surface area contributed by atoms with Crippen LogP contribution in [0.4, 0.5) is 13.2 Å². The number of ether oxygens (including phenoxy) is 1. The molecule has 0 aliphatic rings. The van der Waals surface area contributed by atoms with Crippen LogP contribution in [0, 0.1) is 0 Å². The van der Waals surface area contributed by atoms with Crippen LogP contribution in [0.1, 0.15) is 11.1 Å². The molecule has 0 saturated carbocycles. The zero-order valence-electron chi connectivity index (χ0n) is 7.36. The number of halogens is 4. The Labute approximate surface area is 88.0 Å². The number of hydrogen-bond acceptors (Lipinski definition) is 1. The number of methoxy groups -OCH3 is 1. The third-order valence-corrected chi connectivity index (χ3v) is 2.36. The molecule has 1 aromatic carbocycles. The smallest absolute Gasteiger partial charge is 0.416 e. The Morgan fingerprint density at radius 2 is 2.00 bits per heavy atom. The first-order valence-electron chi connectivity index (χ1n) is 3.79. The summed E-state index contributed by atoms with van der Waals surface area (Å²) in [5.41, 5.74) is -0.000417. The largest absolute Gasteiger partial charge is 0.496 e. The highest BCUT2D eigenvalue weighted by Crippen LogP contribution is 2.33. The molecule has 0 radical (unpaired) electrons. The van der Waals surface area contributed by atoms with Crippen LogP contribution in [-0.2, 0) is 11.5 Å². The second-order valence-electron chi connectivity index (χ2n) is 2.66. The summed E-state index contributed by atoms with van der Waals surface area (Å²) in [5.74, 6) is 0.247. The minimum Gasteiger partial charge on any atom is -0.496 e. The molecule has 0 heterocycles. The first-order valence-corrected chi connectivity index (χ1v) is 4.91. The van der Waals surface area contributed by atoms with Gasteiger partial charge in [-0.3, -0.25) is 0 Å². The van der Waals surface area contributed by atoms with Crippen molar-refractivity contribution in [3.8, 4) is 5.75 Å². The van der Waals surface area contributed by atoms with Crippen molar-refractivity contribution in [3.05, 3.63) is 29.3 Å². The molecule has 0 saturated heterocycles. The lowest BCUT2D eigenvalue weighted by Gasteiger charge is -2.10. The van der Waals surface area contributed by atoms with Crippen molar-refractivity contribution in [2.75, 3.05) is 7.11 Å². The summed E-state index contributed by atoms with van der Waals surface area (Å²) in [4.78, 5) is 0. The monoisotopic (exact) mass is 268 g/mol. The maximum atomic E-state index is 12.3. The van der Waals surface area contributed by atoms with E-state index in [-0.39, 0.29) is 5.75 Å². The molecule has 0 aliphatic carbocycles. The summed E-state index contributed by atoms with van der Waals surface area (Å²) >= 11 is 3.16. The molecule has 0 spiro atoms. The van der Waals surface area contributed by atoms with Gasteiger partial charge in [0, 0.05) is 10.9 Å². The van der Waals surface area contributed by atoms with Gasteiger partial charge in [0.1, 0.15) is 5.75 Å². The highest BCUT2D eigenvalue weighted by Gasteiger charge is 2.31. The van der Waals surface area contributed by atoms with Gasteiger partial charge >= 0.3 is 6.18 Å². The molecule has 1 aromatic rings. The average Bonchev–Trinajstić information content (AvgIpc) is 2.15. The maximum Gasteiger partial charge on any atom is 0.416 e. The topological polar surface area (TPSA) is 9.23 Å². The molecule has 0 aliphatic heterocycles. The van der Waals surface area contributed by atoms with E-state index in [4.69, 9.17) is 4.74 Å². The number of benzene rings is 1. The van der Waals surface area contributed by atoms with Gasteiger partial charge in [-0.1, -0.05) is 22.0 Å². The molecular weight excluding hydrogens is 261 g/mol. The van der Waals surface area contributed by atoms with Gasteiger partial charge in [-0.2, -0.15) is 13.2 Å². The third-order valence-electron chi connectivity index (χ3n) is 1.76. The van der Waals surface area contributed by atoms with E-state index >= 15 is 0 Å². The molecule has 0 N–H and O–H groups in total. The molecule has 14 heavy (non-hydrogen) atoms. The molecule has 0 bridgehead atoms. The van der Waals surface area contributed by atoms with Crippen LogP contribution < -0.4 is 4.74 Å². The van der Waals surface area contributed by atoms with Gasteiger partial charge in [0.2, 0.25) is 0 Å². The zero-order valence-corrected chi connectivity index (χ0v) is 8.95. The van der Waals surface area contributed by atoms with Crippen LogP contribution in [0.25, 0.3) is 0 Å². The van der Waals surface area contributed by atoms with E-state index in [9.17, 15) is 13.2 Å². The van der Waals surface area contributed by atoms with E-state index in [0.29, 0.717) is 10.9 Å². The first-order chi connectivity index (χ1) is 6.49. The first kappa shape index (κ1) is 11.4. The summed E-state index contributed by atoms with van der Waals surface area (Å²) < 4.78 is 41.7. The van der Waals surface area contributed by atoms with Crippen LogP contribution in [0.3, 0.4) is 0 Å². The Morgan fingerprint density at radius 1 is 1.36 bits per heavy atom. The SMILES string of the molecule is COc1cc(C(F)(F)F)ccc1CBr. The van der Waals surface area contributed by atoms with Crippen molar-refractivity contribution in [2.45, 2.75) is 11.5 Å². The van der Waals surface area contributed by atoms with Crippen LogP contribution in [0.5, 0.6) is 5.75 Å². The Kier molecular flexibility index (Phi) is 3.42. The van der Waals surface area contributed by atoms with Gasteiger partial charge < -0.3 is 4.74 Å². The van der Waals surface area contributed by atoms with Gasteiger partial charge in [-0.25, -0.2) is 0 Å². The number of alkyl halides is 4. The van der Waals surface area contributed by atoms with E-state index in [0.717, 1.165) is 12.1 Å². The Morgan fingerprint density at radius 3 is 2.43 bits per heavy atom. The van der Waals surface area contributed by atoms with Gasteiger partial charge in [0.25, 0.3) is 0 Å². The van der Waals surface area contributed by atoms with Gasteiger partial charge in [-0.05, 0) is 12.1 Å². The lowest BCUT2D eigenvalue weighted by Crippen LogP contribution is -2.05. The summed E-state index contributed by atoms with van der Waals surface area (Å²) in [6.07, 6.45) is -4.32. The molecule has 0 atom stereocenters. The van der Waals surface area contributed by atoms with E-state index in [1.165, 1.54) is 13.2 Å². The highest BCUT2D eigenvalue weighted by atomic mass is 79.9. The second kappa shape index (κ2) is 4.21. The minimum absolute atomic E-state index is 0.247. The van der Waals surface area contributed by atoms with E-state index in [1.54, 1.807) is 0 Å². The van der Waals surface area contributed by atoms with Crippen molar-refractivity contribution in [2.24, 2.45) is 0 Å². The predicted octanol–water partition coefficient (Wildman–Crippen LogP) is 3.61. The molecule has 0 amide bonds. The van der Waals surface area contributed by atoms with Crippen molar-refractivity contribution in [3.63, 3.8) is 0 Å². The van der Waals surface area contributed by atoms with Crippen molar-refractivity contribution >= 4 is 15.9 Å².